The van der Waals surface area contributed by atoms with E-state index in [0.29, 0.717) is 0 Å². The van der Waals surface area contributed by atoms with Crippen molar-refractivity contribution in [3.63, 3.8) is 0 Å². The maximum absolute atomic E-state index is 6.30. The second-order valence-electron chi connectivity index (χ2n) is 17.5. The van der Waals surface area contributed by atoms with Crippen molar-refractivity contribution < 1.29 is 4.42 Å². The van der Waals surface area contributed by atoms with Gasteiger partial charge in [0.25, 0.3) is 0 Å². The molecule has 3 heteroatoms. The van der Waals surface area contributed by atoms with Gasteiger partial charge in [-0.2, -0.15) is 0 Å². The Kier molecular flexibility index (Phi) is 6.61. The Bertz CT molecular complexity index is 4140. The minimum atomic E-state index is -0.534. The van der Waals surface area contributed by atoms with Crippen molar-refractivity contribution in [2.24, 2.45) is 0 Å². The van der Waals surface area contributed by atoms with Crippen molar-refractivity contribution in [2.75, 3.05) is 0 Å². The first-order valence-electron chi connectivity index (χ1n) is 22.2. The minimum absolute atomic E-state index is 0.534. The van der Waals surface area contributed by atoms with Gasteiger partial charge in [0.1, 0.15) is 11.2 Å². The normalized spacial score (nSPS) is 14.9. The molecule has 1 atom stereocenters. The van der Waals surface area contributed by atoms with Gasteiger partial charge >= 0.3 is 0 Å². The van der Waals surface area contributed by atoms with Gasteiger partial charge in [0.2, 0.25) is 0 Å². The molecule has 0 amide bonds. The number of fused-ring (bicyclic) bond motifs is 20. The molecule has 0 aliphatic heterocycles. The van der Waals surface area contributed by atoms with Crippen molar-refractivity contribution in [3.8, 4) is 44.8 Å². The third kappa shape index (κ3) is 4.17. The van der Waals surface area contributed by atoms with Crippen molar-refractivity contribution >= 4 is 65.6 Å². The number of hydrogen-bond donors (Lipinski definition) is 0. The SMILES string of the molecule is c1ccc(-n2c3ccccc3c3c2ccc2c4ccccc4n(-c4cccc5c4-c4ccccc4C54c5ccccc5-c5c(-c6ccc7oc8ccccc8c7c6)cccc54)c23)cc1. The van der Waals surface area contributed by atoms with Crippen molar-refractivity contribution in [1.82, 2.24) is 9.13 Å². The van der Waals surface area contributed by atoms with Gasteiger partial charge in [-0.05, 0) is 105 Å². The summed E-state index contributed by atoms with van der Waals surface area (Å²) in [5, 5.41) is 7.28. The van der Waals surface area contributed by atoms with E-state index < -0.39 is 5.41 Å². The fraction of sp³-hybridized carbons (Fsp3) is 0.0164. The van der Waals surface area contributed by atoms with Crippen LogP contribution in [0.25, 0.3) is 110 Å². The van der Waals surface area contributed by atoms with E-state index in [1.165, 1.54) is 105 Å². The minimum Gasteiger partial charge on any atom is -0.456 e. The van der Waals surface area contributed by atoms with Gasteiger partial charge in [0, 0.05) is 43.6 Å². The molecule has 296 valence electrons. The highest BCUT2D eigenvalue weighted by atomic mass is 16.3. The van der Waals surface area contributed by atoms with E-state index in [-0.39, 0.29) is 0 Å². The zero-order valence-electron chi connectivity index (χ0n) is 34.6. The number of nitrogens with zero attached hydrogens (tertiary/aromatic N) is 2. The molecule has 2 aliphatic rings. The molecule has 64 heavy (non-hydrogen) atoms. The average Bonchev–Trinajstić information content (AvgIpc) is 4.15. The Morgan fingerprint density at radius 3 is 1.75 bits per heavy atom. The molecular weight excluding hydrogens is 777 g/mol. The number of furan rings is 1. The Morgan fingerprint density at radius 1 is 0.344 bits per heavy atom. The molecule has 10 aromatic carbocycles. The summed E-state index contributed by atoms with van der Waals surface area (Å²) in [6.07, 6.45) is 0. The number of hydrogen-bond acceptors (Lipinski definition) is 1. The van der Waals surface area contributed by atoms with Crippen LogP contribution in [0.1, 0.15) is 22.3 Å². The molecule has 2 aliphatic carbocycles. The molecule has 1 unspecified atom stereocenters. The van der Waals surface area contributed by atoms with Gasteiger partial charge < -0.3 is 13.6 Å². The average molecular weight is 813 g/mol. The van der Waals surface area contributed by atoms with E-state index >= 15 is 0 Å². The molecule has 3 nitrogen and oxygen atoms in total. The molecule has 3 heterocycles. The van der Waals surface area contributed by atoms with Crippen LogP contribution in [-0.4, -0.2) is 9.13 Å². The molecule has 0 saturated heterocycles. The lowest BCUT2D eigenvalue weighted by molar-refractivity contribution is 0.669. The van der Waals surface area contributed by atoms with Crippen LogP contribution in [0, 0.1) is 0 Å². The van der Waals surface area contributed by atoms with E-state index in [0.717, 1.165) is 27.6 Å². The summed E-state index contributed by atoms with van der Waals surface area (Å²) in [5.74, 6) is 0. The highest BCUT2D eigenvalue weighted by molar-refractivity contribution is 6.26. The van der Waals surface area contributed by atoms with Crippen LogP contribution in [-0.2, 0) is 5.41 Å². The van der Waals surface area contributed by atoms with Gasteiger partial charge in [0.05, 0.1) is 33.2 Å². The highest BCUT2D eigenvalue weighted by Gasteiger charge is 2.53. The van der Waals surface area contributed by atoms with Crippen LogP contribution in [0.15, 0.2) is 223 Å². The molecule has 3 aromatic heterocycles. The molecule has 0 N–H and O–H groups in total. The number of benzene rings is 10. The summed E-state index contributed by atoms with van der Waals surface area (Å²) in [6, 6.07) is 80.8. The smallest absolute Gasteiger partial charge is 0.135 e. The van der Waals surface area contributed by atoms with Crippen LogP contribution >= 0.6 is 0 Å². The van der Waals surface area contributed by atoms with Crippen molar-refractivity contribution in [3.05, 3.63) is 241 Å². The largest absolute Gasteiger partial charge is 0.456 e. The summed E-state index contributed by atoms with van der Waals surface area (Å²) in [7, 11) is 0. The lowest BCUT2D eigenvalue weighted by Gasteiger charge is -2.30. The third-order valence-electron chi connectivity index (χ3n) is 14.5. The van der Waals surface area contributed by atoms with Gasteiger partial charge in [-0.3, -0.25) is 0 Å². The Balaban J connectivity index is 1.05. The zero-order chi connectivity index (χ0) is 41.7. The molecule has 0 fully saturated rings. The zero-order valence-corrected chi connectivity index (χ0v) is 34.6. The van der Waals surface area contributed by atoms with Crippen LogP contribution in [0.4, 0.5) is 0 Å². The molecule has 1 spiro atoms. The summed E-state index contributed by atoms with van der Waals surface area (Å²) >= 11 is 0. The number of aromatic nitrogens is 2. The van der Waals surface area contributed by atoms with E-state index in [1.807, 2.05) is 6.07 Å². The molecule has 0 radical (unpaired) electrons. The summed E-state index contributed by atoms with van der Waals surface area (Å²) in [5.41, 5.74) is 21.3. The number of rotatable bonds is 3. The third-order valence-corrected chi connectivity index (χ3v) is 14.5. The van der Waals surface area contributed by atoms with Crippen LogP contribution < -0.4 is 0 Å². The highest BCUT2D eigenvalue weighted by Crippen LogP contribution is 2.65. The first-order valence-corrected chi connectivity index (χ1v) is 22.2. The lowest BCUT2D eigenvalue weighted by atomic mass is 9.70. The first kappa shape index (κ1) is 34.2. The topological polar surface area (TPSA) is 23.0 Å². The molecular formula is C61H36N2O. The standard InChI is InChI=1S/C61H36N2O/c1-2-16-38(17-3-1)62-52-29-12-7-22-45(52)59-54(62)34-33-42-40-18-6-11-28-51(40)63(60(42)59)53-30-15-27-50-58(53)44-21-5-10-25-48(44)61(50)47-24-9-4-20-43(47)57-39(23-14-26-49(57)61)37-32-35-56-46(36-37)41-19-8-13-31-55(41)64-56/h1-36H. The second-order valence-corrected chi connectivity index (χ2v) is 17.5. The maximum Gasteiger partial charge on any atom is 0.135 e. The number of para-hydroxylation sites is 4. The van der Waals surface area contributed by atoms with Crippen molar-refractivity contribution in [2.45, 2.75) is 5.41 Å². The summed E-state index contributed by atoms with van der Waals surface area (Å²) in [4.78, 5) is 0. The lowest BCUT2D eigenvalue weighted by Crippen LogP contribution is -2.25. The molecule has 0 bridgehead atoms. The van der Waals surface area contributed by atoms with Crippen LogP contribution in [0.3, 0.4) is 0 Å². The van der Waals surface area contributed by atoms with Gasteiger partial charge in [0.15, 0.2) is 0 Å². The first-order chi connectivity index (χ1) is 31.8. The summed E-state index contributed by atoms with van der Waals surface area (Å²) in [6.45, 7) is 0. The molecule has 0 saturated carbocycles. The fourth-order valence-corrected chi connectivity index (χ4v) is 12.2. The van der Waals surface area contributed by atoms with E-state index in [4.69, 9.17) is 4.42 Å². The van der Waals surface area contributed by atoms with E-state index in [2.05, 4.69) is 221 Å². The van der Waals surface area contributed by atoms with Gasteiger partial charge in [-0.15, -0.1) is 0 Å². The Hall–Kier alpha value is -8.40. The monoisotopic (exact) mass is 812 g/mol. The predicted octanol–water partition coefficient (Wildman–Crippen LogP) is 15.8. The van der Waals surface area contributed by atoms with E-state index in [1.54, 1.807) is 0 Å². The van der Waals surface area contributed by atoms with Gasteiger partial charge in [-0.1, -0.05) is 164 Å². The predicted molar refractivity (Wildman–Crippen MR) is 264 cm³/mol. The van der Waals surface area contributed by atoms with Crippen molar-refractivity contribution in [1.29, 1.82) is 0 Å². The van der Waals surface area contributed by atoms with Gasteiger partial charge in [-0.25, -0.2) is 0 Å². The van der Waals surface area contributed by atoms with E-state index in [9.17, 15) is 0 Å². The quantitative estimate of drug-likeness (QED) is 0.174. The second kappa shape index (κ2) is 12.4. The maximum atomic E-state index is 6.30. The molecule has 13 aromatic rings. The Morgan fingerprint density at radius 2 is 0.938 bits per heavy atom. The molecule has 15 rings (SSSR count). The van der Waals surface area contributed by atoms with Crippen LogP contribution in [0.5, 0.6) is 0 Å². The van der Waals surface area contributed by atoms with Crippen LogP contribution in [0.2, 0.25) is 0 Å². The fourth-order valence-electron chi connectivity index (χ4n) is 12.2. The Labute approximate surface area is 368 Å². The summed E-state index contributed by atoms with van der Waals surface area (Å²) < 4.78 is 11.3.